The number of benzene rings is 2. The number of amides is 1. The summed E-state index contributed by atoms with van der Waals surface area (Å²) in [5.41, 5.74) is 0.755. The number of rotatable bonds is 5. The van der Waals surface area contributed by atoms with Crippen LogP contribution in [0.2, 0.25) is 0 Å². The van der Waals surface area contributed by atoms with Gasteiger partial charge in [0.05, 0.1) is 28.0 Å². The molecule has 0 unspecified atom stereocenters. The lowest BCUT2D eigenvalue weighted by atomic mass is 10.2. The van der Waals surface area contributed by atoms with Crippen molar-refractivity contribution < 1.29 is 22.0 Å². The lowest BCUT2D eigenvalue weighted by Gasteiger charge is -2.10. The maximum atomic E-state index is 13.7. The standard InChI is InChI=1S/C19H15F2N3O3S/c1-12-2-5-16(6-3-12)28(26,27)24-15-8-13(10-22-11-15)19(25)23-18-7-4-14(20)9-17(18)21/h2-11,24H,1H3,(H,23,25). The Morgan fingerprint density at radius 3 is 2.39 bits per heavy atom. The van der Waals surface area contributed by atoms with E-state index in [1.165, 1.54) is 30.6 Å². The highest BCUT2D eigenvalue weighted by Gasteiger charge is 2.16. The van der Waals surface area contributed by atoms with Crippen LogP contribution < -0.4 is 10.0 Å². The molecule has 0 aliphatic heterocycles. The first kappa shape index (κ1) is 19.4. The van der Waals surface area contributed by atoms with Crippen LogP contribution in [-0.4, -0.2) is 19.3 Å². The monoisotopic (exact) mass is 403 g/mol. The molecular formula is C19H15F2N3O3S. The molecular weight excluding hydrogens is 388 g/mol. The molecule has 9 heteroatoms. The number of sulfonamides is 1. The summed E-state index contributed by atoms with van der Waals surface area (Å²) in [6.07, 6.45) is 2.43. The number of pyridine rings is 1. The van der Waals surface area contributed by atoms with Gasteiger partial charge in [-0.1, -0.05) is 17.7 Å². The third kappa shape index (κ3) is 4.49. The van der Waals surface area contributed by atoms with Crippen molar-refractivity contribution in [2.75, 3.05) is 10.0 Å². The van der Waals surface area contributed by atoms with E-state index in [4.69, 9.17) is 0 Å². The normalized spacial score (nSPS) is 11.1. The maximum absolute atomic E-state index is 13.7. The maximum Gasteiger partial charge on any atom is 0.261 e. The lowest BCUT2D eigenvalue weighted by molar-refractivity contribution is 0.102. The van der Waals surface area contributed by atoms with E-state index in [1.54, 1.807) is 12.1 Å². The van der Waals surface area contributed by atoms with E-state index in [0.717, 1.165) is 17.7 Å². The minimum Gasteiger partial charge on any atom is -0.319 e. The van der Waals surface area contributed by atoms with Crippen LogP contribution in [-0.2, 0) is 10.0 Å². The molecule has 3 rings (SSSR count). The predicted octanol–water partition coefficient (Wildman–Crippen LogP) is 3.72. The fraction of sp³-hybridized carbons (Fsp3) is 0.0526. The third-order valence-electron chi connectivity index (χ3n) is 3.76. The van der Waals surface area contributed by atoms with Gasteiger partial charge in [-0.15, -0.1) is 0 Å². The van der Waals surface area contributed by atoms with E-state index in [-0.39, 0.29) is 21.8 Å². The number of carbonyl (C=O) groups is 1. The predicted molar refractivity (Wildman–Crippen MR) is 101 cm³/mol. The first-order valence-corrected chi connectivity index (χ1v) is 9.54. The smallest absolute Gasteiger partial charge is 0.261 e. The minimum absolute atomic E-state index is 0.00664. The number of carbonyl (C=O) groups excluding carboxylic acids is 1. The molecule has 0 spiro atoms. The Kier molecular flexibility index (Phi) is 5.36. The van der Waals surface area contributed by atoms with Crippen LogP contribution in [0.4, 0.5) is 20.2 Å². The van der Waals surface area contributed by atoms with Crippen LogP contribution in [0, 0.1) is 18.6 Å². The van der Waals surface area contributed by atoms with Gasteiger partial charge in [0, 0.05) is 12.3 Å². The first-order valence-electron chi connectivity index (χ1n) is 8.05. The molecule has 0 fully saturated rings. The topological polar surface area (TPSA) is 88.2 Å². The van der Waals surface area contributed by atoms with Crippen LogP contribution in [0.3, 0.4) is 0 Å². The first-order chi connectivity index (χ1) is 13.2. The number of nitrogens with zero attached hydrogens (tertiary/aromatic N) is 1. The molecule has 0 saturated heterocycles. The summed E-state index contributed by atoms with van der Waals surface area (Å²) < 4.78 is 53.8. The number of nitrogens with one attached hydrogen (secondary N) is 2. The summed E-state index contributed by atoms with van der Waals surface area (Å²) >= 11 is 0. The molecule has 2 N–H and O–H groups in total. The number of aromatic nitrogens is 1. The molecule has 0 aliphatic rings. The number of hydrogen-bond donors (Lipinski definition) is 2. The van der Waals surface area contributed by atoms with Gasteiger partial charge in [0.2, 0.25) is 0 Å². The van der Waals surface area contributed by atoms with Crippen LogP contribution in [0.15, 0.2) is 65.8 Å². The van der Waals surface area contributed by atoms with Crippen LogP contribution >= 0.6 is 0 Å². The highest BCUT2D eigenvalue weighted by Crippen LogP contribution is 2.19. The summed E-state index contributed by atoms with van der Waals surface area (Å²) in [4.78, 5) is 16.2. The molecule has 1 aromatic heterocycles. The van der Waals surface area contributed by atoms with Gasteiger partial charge in [0.25, 0.3) is 15.9 Å². The molecule has 28 heavy (non-hydrogen) atoms. The van der Waals surface area contributed by atoms with E-state index >= 15 is 0 Å². The molecule has 0 saturated carbocycles. The molecule has 1 heterocycles. The lowest BCUT2D eigenvalue weighted by Crippen LogP contribution is -2.16. The van der Waals surface area contributed by atoms with E-state index in [1.807, 2.05) is 6.92 Å². The molecule has 1 amide bonds. The number of aryl methyl sites for hydroxylation is 1. The Balaban J connectivity index is 1.79. The third-order valence-corrected chi connectivity index (χ3v) is 5.16. The second-order valence-corrected chi connectivity index (χ2v) is 7.64. The van der Waals surface area contributed by atoms with Gasteiger partial charge in [-0.2, -0.15) is 0 Å². The molecule has 0 radical (unpaired) electrons. The number of anilines is 2. The average Bonchev–Trinajstić information content (AvgIpc) is 2.64. The average molecular weight is 403 g/mol. The van der Waals surface area contributed by atoms with Gasteiger partial charge in [0.1, 0.15) is 11.6 Å². The molecule has 3 aromatic rings. The molecule has 0 bridgehead atoms. The van der Waals surface area contributed by atoms with Crippen molar-refractivity contribution >= 4 is 27.3 Å². The van der Waals surface area contributed by atoms with Crippen molar-refractivity contribution in [2.45, 2.75) is 11.8 Å². The fourth-order valence-corrected chi connectivity index (χ4v) is 3.37. The Morgan fingerprint density at radius 1 is 1.00 bits per heavy atom. The Labute approximate surface area is 160 Å². The van der Waals surface area contributed by atoms with Gasteiger partial charge in [0.15, 0.2) is 0 Å². The van der Waals surface area contributed by atoms with Crippen molar-refractivity contribution in [3.63, 3.8) is 0 Å². The highest BCUT2D eigenvalue weighted by molar-refractivity contribution is 7.92. The van der Waals surface area contributed by atoms with Gasteiger partial charge in [-0.05, 0) is 37.3 Å². The van der Waals surface area contributed by atoms with Crippen molar-refractivity contribution in [2.24, 2.45) is 0 Å². The second-order valence-electron chi connectivity index (χ2n) is 5.96. The van der Waals surface area contributed by atoms with Gasteiger partial charge in [-0.25, -0.2) is 17.2 Å². The largest absolute Gasteiger partial charge is 0.319 e. The second kappa shape index (κ2) is 7.73. The zero-order valence-electron chi connectivity index (χ0n) is 14.6. The molecule has 0 aliphatic carbocycles. The SMILES string of the molecule is Cc1ccc(S(=O)(=O)Nc2cncc(C(=O)Nc3ccc(F)cc3F)c2)cc1. The number of hydrogen-bond acceptors (Lipinski definition) is 4. The Bertz CT molecular complexity index is 1130. The van der Waals surface area contributed by atoms with Crippen molar-refractivity contribution in [3.05, 3.63) is 83.7 Å². The Hall–Kier alpha value is -3.33. The van der Waals surface area contributed by atoms with E-state index < -0.39 is 27.6 Å². The van der Waals surface area contributed by atoms with Crippen LogP contribution in [0.5, 0.6) is 0 Å². The van der Waals surface area contributed by atoms with E-state index in [9.17, 15) is 22.0 Å². The van der Waals surface area contributed by atoms with Gasteiger partial charge >= 0.3 is 0 Å². The van der Waals surface area contributed by atoms with Crippen molar-refractivity contribution in [1.29, 1.82) is 0 Å². The summed E-state index contributed by atoms with van der Waals surface area (Å²) in [5.74, 6) is -2.43. The molecule has 2 aromatic carbocycles. The molecule has 0 atom stereocenters. The summed E-state index contributed by atoms with van der Waals surface area (Å²) in [6, 6.07) is 10.2. The van der Waals surface area contributed by atoms with Crippen LogP contribution in [0.1, 0.15) is 15.9 Å². The fourth-order valence-electron chi connectivity index (χ4n) is 2.34. The molecule has 144 valence electrons. The Morgan fingerprint density at radius 2 is 1.71 bits per heavy atom. The number of halogens is 2. The summed E-state index contributed by atoms with van der Waals surface area (Å²) in [6.45, 7) is 1.83. The van der Waals surface area contributed by atoms with Gasteiger partial charge in [-0.3, -0.25) is 14.5 Å². The quantitative estimate of drug-likeness (QED) is 0.680. The van der Waals surface area contributed by atoms with Crippen LogP contribution in [0.25, 0.3) is 0 Å². The zero-order chi connectivity index (χ0) is 20.3. The van der Waals surface area contributed by atoms with E-state index in [2.05, 4.69) is 15.0 Å². The van der Waals surface area contributed by atoms with Crippen molar-refractivity contribution in [3.8, 4) is 0 Å². The highest BCUT2D eigenvalue weighted by atomic mass is 32.2. The summed E-state index contributed by atoms with van der Waals surface area (Å²) in [5, 5.41) is 2.28. The summed E-state index contributed by atoms with van der Waals surface area (Å²) in [7, 11) is -3.87. The van der Waals surface area contributed by atoms with Crippen molar-refractivity contribution in [1.82, 2.24) is 4.98 Å². The molecule has 6 nitrogen and oxygen atoms in total. The zero-order valence-corrected chi connectivity index (χ0v) is 15.4. The van der Waals surface area contributed by atoms with Gasteiger partial charge < -0.3 is 5.32 Å². The minimum atomic E-state index is -3.87. The van der Waals surface area contributed by atoms with E-state index in [0.29, 0.717) is 6.07 Å².